The molecule has 1 aromatic carbocycles. The molecule has 23 heavy (non-hydrogen) atoms. The molecule has 2 fully saturated rings. The molecule has 124 valence electrons. The van der Waals surface area contributed by atoms with Crippen molar-refractivity contribution in [3.8, 4) is 0 Å². The van der Waals surface area contributed by atoms with Crippen LogP contribution in [0.5, 0.6) is 0 Å². The number of likely N-dealkylation sites (tertiary alicyclic amines) is 1. The van der Waals surface area contributed by atoms with E-state index >= 15 is 0 Å². The number of halogens is 1. The first kappa shape index (κ1) is 16.2. The maximum absolute atomic E-state index is 12.2. The zero-order chi connectivity index (χ0) is 16.6. The van der Waals surface area contributed by atoms with Crippen molar-refractivity contribution in [1.82, 2.24) is 15.1 Å². The molecular weight excluding hydrogens is 318 g/mol. The molecule has 0 radical (unpaired) electrons. The number of hydrogen-bond acceptors (Lipinski definition) is 4. The van der Waals surface area contributed by atoms with E-state index in [0.717, 1.165) is 10.5 Å². The number of rotatable bonds is 3. The minimum atomic E-state index is -0.756. The number of piperidine rings is 1. The standard InChI is InChI=1S/C16H20ClN3O3/c1-19-14(22)16(18-15(19)23)6-8-20(9-7-16)10-13(21)11-2-4-12(17)5-3-11/h2-5,13,21H,6-10H2,1H3,(H,18,23). The van der Waals surface area contributed by atoms with Crippen molar-refractivity contribution in [2.24, 2.45) is 0 Å². The van der Waals surface area contributed by atoms with E-state index in [2.05, 4.69) is 10.2 Å². The molecule has 6 nitrogen and oxygen atoms in total. The Morgan fingerprint density at radius 2 is 1.87 bits per heavy atom. The quantitative estimate of drug-likeness (QED) is 0.818. The number of imide groups is 1. The third kappa shape index (κ3) is 3.06. The number of hydrogen-bond donors (Lipinski definition) is 2. The number of carbonyl (C=O) groups excluding carboxylic acids is 2. The van der Waals surface area contributed by atoms with Crippen LogP contribution in [0.3, 0.4) is 0 Å². The van der Waals surface area contributed by atoms with Crippen molar-refractivity contribution in [1.29, 1.82) is 0 Å². The molecule has 1 aromatic rings. The van der Waals surface area contributed by atoms with E-state index < -0.39 is 11.6 Å². The molecule has 1 unspecified atom stereocenters. The van der Waals surface area contributed by atoms with Gasteiger partial charge in [0.1, 0.15) is 5.54 Å². The topological polar surface area (TPSA) is 72.9 Å². The summed E-state index contributed by atoms with van der Waals surface area (Å²) in [5.41, 5.74) is 0.0627. The first-order valence-electron chi connectivity index (χ1n) is 7.67. The maximum Gasteiger partial charge on any atom is 0.324 e. The molecule has 2 aliphatic heterocycles. The fraction of sp³-hybridized carbons (Fsp3) is 0.500. The van der Waals surface area contributed by atoms with Gasteiger partial charge in [0, 0.05) is 31.7 Å². The third-order valence-electron chi connectivity index (χ3n) is 4.76. The second kappa shape index (κ2) is 6.11. The van der Waals surface area contributed by atoms with Gasteiger partial charge in [-0.15, -0.1) is 0 Å². The number of benzene rings is 1. The van der Waals surface area contributed by atoms with Crippen LogP contribution in [0.4, 0.5) is 4.79 Å². The third-order valence-corrected chi connectivity index (χ3v) is 5.01. The van der Waals surface area contributed by atoms with Gasteiger partial charge in [0.2, 0.25) is 0 Å². The predicted molar refractivity (Wildman–Crippen MR) is 86.1 cm³/mol. The molecule has 3 rings (SSSR count). The summed E-state index contributed by atoms with van der Waals surface area (Å²) in [5, 5.41) is 13.8. The fourth-order valence-corrected chi connectivity index (χ4v) is 3.37. The van der Waals surface area contributed by atoms with E-state index in [4.69, 9.17) is 11.6 Å². The van der Waals surface area contributed by atoms with Crippen LogP contribution < -0.4 is 5.32 Å². The molecule has 2 saturated heterocycles. The highest BCUT2D eigenvalue weighted by Gasteiger charge is 2.50. The largest absolute Gasteiger partial charge is 0.387 e. The zero-order valence-electron chi connectivity index (χ0n) is 13.0. The van der Waals surface area contributed by atoms with Gasteiger partial charge in [-0.3, -0.25) is 9.69 Å². The van der Waals surface area contributed by atoms with Crippen LogP contribution in [0.15, 0.2) is 24.3 Å². The van der Waals surface area contributed by atoms with Gasteiger partial charge in [-0.2, -0.15) is 0 Å². The number of nitrogens with zero attached hydrogens (tertiary/aromatic N) is 2. The monoisotopic (exact) mass is 337 g/mol. The fourth-order valence-electron chi connectivity index (χ4n) is 3.25. The van der Waals surface area contributed by atoms with Crippen molar-refractivity contribution < 1.29 is 14.7 Å². The van der Waals surface area contributed by atoms with Crippen LogP contribution in [-0.4, -0.2) is 59.1 Å². The predicted octanol–water partition coefficient (Wildman–Crippen LogP) is 1.39. The highest BCUT2D eigenvalue weighted by atomic mass is 35.5. The highest BCUT2D eigenvalue weighted by Crippen LogP contribution is 2.29. The number of carbonyl (C=O) groups is 2. The van der Waals surface area contributed by atoms with Crippen LogP contribution in [-0.2, 0) is 4.79 Å². The lowest BCUT2D eigenvalue weighted by atomic mass is 9.87. The van der Waals surface area contributed by atoms with Gasteiger partial charge < -0.3 is 15.3 Å². The van der Waals surface area contributed by atoms with Gasteiger partial charge in [0.15, 0.2) is 0 Å². The number of nitrogens with one attached hydrogen (secondary N) is 1. The molecule has 2 heterocycles. The van der Waals surface area contributed by atoms with Crippen molar-refractivity contribution >= 4 is 23.5 Å². The Morgan fingerprint density at radius 3 is 2.39 bits per heavy atom. The molecule has 0 aromatic heterocycles. The Kier molecular flexibility index (Phi) is 4.31. The molecule has 0 aliphatic carbocycles. The average Bonchev–Trinajstić information content (AvgIpc) is 2.75. The number of aliphatic hydroxyl groups excluding tert-OH is 1. The molecule has 1 spiro atoms. The number of amides is 3. The minimum Gasteiger partial charge on any atom is -0.387 e. The first-order chi connectivity index (χ1) is 10.9. The molecule has 2 aliphatic rings. The van der Waals surface area contributed by atoms with Crippen LogP contribution in [0, 0.1) is 0 Å². The van der Waals surface area contributed by atoms with Crippen molar-refractivity contribution in [3.63, 3.8) is 0 Å². The summed E-state index contributed by atoms with van der Waals surface area (Å²) in [6.07, 6.45) is 0.530. The van der Waals surface area contributed by atoms with Gasteiger partial charge in [-0.25, -0.2) is 4.79 Å². The molecule has 0 bridgehead atoms. The Bertz CT molecular complexity index is 612. The zero-order valence-corrected chi connectivity index (χ0v) is 13.7. The van der Waals surface area contributed by atoms with Crippen LogP contribution in [0.25, 0.3) is 0 Å². The van der Waals surface area contributed by atoms with Gasteiger partial charge in [0.25, 0.3) is 5.91 Å². The average molecular weight is 338 g/mol. The lowest BCUT2D eigenvalue weighted by molar-refractivity contribution is -0.132. The number of aliphatic hydroxyl groups is 1. The Labute approximate surface area is 140 Å². The molecule has 2 N–H and O–H groups in total. The van der Waals surface area contributed by atoms with Crippen molar-refractivity contribution in [3.05, 3.63) is 34.9 Å². The summed E-state index contributed by atoms with van der Waals surface area (Å²) < 4.78 is 0. The lowest BCUT2D eigenvalue weighted by Gasteiger charge is -2.37. The number of β-amino-alcohol motifs (C(OH)–C–C–N with tert-alkyl or cyclic N) is 1. The minimum absolute atomic E-state index is 0.152. The first-order valence-corrected chi connectivity index (χ1v) is 8.05. The van der Waals surface area contributed by atoms with E-state index in [1.807, 2.05) is 12.1 Å². The smallest absolute Gasteiger partial charge is 0.324 e. The lowest BCUT2D eigenvalue weighted by Crippen LogP contribution is -2.55. The highest BCUT2D eigenvalue weighted by molar-refractivity contribution is 6.30. The van der Waals surface area contributed by atoms with Crippen LogP contribution in [0.1, 0.15) is 24.5 Å². The molecule has 1 atom stereocenters. The second-order valence-electron chi connectivity index (χ2n) is 6.24. The van der Waals surface area contributed by atoms with Crippen LogP contribution in [0.2, 0.25) is 5.02 Å². The normalized spacial score (nSPS) is 22.5. The summed E-state index contributed by atoms with van der Waals surface area (Å²) in [7, 11) is 1.50. The van der Waals surface area contributed by atoms with Gasteiger partial charge in [0.05, 0.1) is 6.10 Å². The SMILES string of the molecule is CN1C(=O)NC2(CCN(CC(O)c3ccc(Cl)cc3)CC2)C1=O. The van der Waals surface area contributed by atoms with E-state index in [-0.39, 0.29) is 11.9 Å². The Morgan fingerprint density at radius 1 is 1.26 bits per heavy atom. The molecular formula is C16H20ClN3O3. The summed E-state index contributed by atoms with van der Waals surface area (Å²) in [4.78, 5) is 27.2. The van der Waals surface area contributed by atoms with E-state index in [0.29, 0.717) is 37.5 Å². The van der Waals surface area contributed by atoms with Gasteiger partial charge >= 0.3 is 6.03 Å². The Hall–Kier alpha value is -1.63. The molecule has 3 amide bonds. The van der Waals surface area contributed by atoms with E-state index in [1.54, 1.807) is 12.1 Å². The maximum atomic E-state index is 12.2. The second-order valence-corrected chi connectivity index (χ2v) is 6.68. The molecule has 0 saturated carbocycles. The molecule has 7 heteroatoms. The van der Waals surface area contributed by atoms with Gasteiger partial charge in [-0.1, -0.05) is 23.7 Å². The summed E-state index contributed by atoms with van der Waals surface area (Å²) in [6.45, 7) is 1.81. The number of urea groups is 1. The van der Waals surface area contributed by atoms with Crippen molar-refractivity contribution in [2.75, 3.05) is 26.7 Å². The number of likely N-dealkylation sites (N-methyl/N-ethyl adjacent to an activating group) is 1. The summed E-state index contributed by atoms with van der Waals surface area (Å²) in [5.74, 6) is -0.152. The van der Waals surface area contributed by atoms with Gasteiger partial charge in [-0.05, 0) is 30.5 Å². The van der Waals surface area contributed by atoms with Crippen molar-refractivity contribution in [2.45, 2.75) is 24.5 Å². The van der Waals surface area contributed by atoms with E-state index in [1.165, 1.54) is 7.05 Å². The Balaban J connectivity index is 1.58. The summed E-state index contributed by atoms with van der Waals surface area (Å²) in [6, 6.07) is 6.81. The van der Waals surface area contributed by atoms with Crippen LogP contribution >= 0.6 is 11.6 Å². The van der Waals surface area contributed by atoms with E-state index in [9.17, 15) is 14.7 Å². The summed E-state index contributed by atoms with van der Waals surface area (Å²) >= 11 is 5.85.